The van der Waals surface area contributed by atoms with Crippen LogP contribution in [-0.4, -0.2) is 39.4 Å². The summed E-state index contributed by atoms with van der Waals surface area (Å²) < 4.78 is 19.7. The van der Waals surface area contributed by atoms with Crippen molar-refractivity contribution in [1.29, 1.82) is 0 Å². The predicted octanol–water partition coefficient (Wildman–Crippen LogP) is 3.10. The Labute approximate surface area is 183 Å². The number of aromatic nitrogens is 3. The minimum atomic E-state index is -0.558. The molecule has 0 spiro atoms. The van der Waals surface area contributed by atoms with Crippen LogP contribution in [0.25, 0.3) is 0 Å². The number of anilines is 2. The van der Waals surface area contributed by atoms with Crippen LogP contribution < -0.4 is 10.6 Å². The van der Waals surface area contributed by atoms with Gasteiger partial charge in [0.05, 0.1) is 17.9 Å². The number of hydrogen-bond acceptors (Lipinski definition) is 6. The second-order valence-electron chi connectivity index (χ2n) is 6.94. The number of amides is 2. The fraction of sp³-hybridized carbons (Fsp3) is 0.227. The minimum absolute atomic E-state index is 0.0280. The zero-order valence-electron chi connectivity index (χ0n) is 17.8. The SMILES string of the molecule is CCOC(=O)c1ccc(NC(=O)Cn2nnc(C(=O)Nc3cc(F)ccc3C)c2C)cc1. The Morgan fingerprint density at radius 2 is 1.78 bits per heavy atom. The van der Waals surface area contributed by atoms with Crippen LogP contribution in [0.5, 0.6) is 0 Å². The van der Waals surface area contributed by atoms with Crippen LogP contribution in [0.1, 0.15) is 39.0 Å². The van der Waals surface area contributed by atoms with Gasteiger partial charge < -0.3 is 15.4 Å². The van der Waals surface area contributed by atoms with Gasteiger partial charge in [0, 0.05) is 11.4 Å². The number of carbonyl (C=O) groups is 3. The van der Waals surface area contributed by atoms with Crippen LogP contribution in [-0.2, 0) is 16.1 Å². The van der Waals surface area contributed by atoms with Crippen molar-refractivity contribution in [3.8, 4) is 0 Å². The van der Waals surface area contributed by atoms with Crippen LogP contribution in [0.2, 0.25) is 0 Å². The summed E-state index contributed by atoms with van der Waals surface area (Å²) in [5.74, 6) is -1.87. The van der Waals surface area contributed by atoms with Gasteiger partial charge in [-0.05, 0) is 62.7 Å². The maximum absolute atomic E-state index is 13.5. The smallest absolute Gasteiger partial charge is 0.338 e. The van der Waals surface area contributed by atoms with Gasteiger partial charge in [-0.15, -0.1) is 5.10 Å². The molecule has 1 aromatic heterocycles. The summed E-state index contributed by atoms with van der Waals surface area (Å²) in [6.45, 7) is 5.16. The summed E-state index contributed by atoms with van der Waals surface area (Å²) >= 11 is 0. The van der Waals surface area contributed by atoms with Gasteiger partial charge in [-0.3, -0.25) is 9.59 Å². The van der Waals surface area contributed by atoms with Gasteiger partial charge in [-0.1, -0.05) is 11.3 Å². The van der Waals surface area contributed by atoms with Crippen LogP contribution in [0.15, 0.2) is 42.5 Å². The maximum Gasteiger partial charge on any atom is 0.338 e. The first-order valence-corrected chi connectivity index (χ1v) is 9.83. The molecule has 0 aliphatic heterocycles. The molecule has 2 amide bonds. The molecule has 2 N–H and O–H groups in total. The maximum atomic E-state index is 13.5. The van der Waals surface area contributed by atoms with Gasteiger partial charge in [0.25, 0.3) is 5.91 Å². The number of esters is 1. The highest BCUT2D eigenvalue weighted by Gasteiger charge is 2.19. The Morgan fingerprint density at radius 3 is 2.47 bits per heavy atom. The van der Waals surface area contributed by atoms with Gasteiger partial charge in [-0.2, -0.15) is 0 Å². The summed E-state index contributed by atoms with van der Waals surface area (Å²) in [6.07, 6.45) is 0. The number of halogens is 1. The Hall–Kier alpha value is -4.08. The van der Waals surface area contributed by atoms with Crippen molar-refractivity contribution in [3.05, 3.63) is 70.8 Å². The van der Waals surface area contributed by atoms with E-state index in [0.717, 1.165) is 0 Å². The van der Waals surface area contributed by atoms with Crippen LogP contribution in [0.3, 0.4) is 0 Å². The molecular formula is C22H22FN5O4. The molecule has 166 valence electrons. The third kappa shape index (κ3) is 5.34. The third-order valence-corrected chi connectivity index (χ3v) is 4.62. The van der Waals surface area contributed by atoms with Gasteiger partial charge in [-0.25, -0.2) is 13.9 Å². The van der Waals surface area contributed by atoms with Crippen LogP contribution in [0, 0.1) is 19.7 Å². The average Bonchev–Trinajstić information content (AvgIpc) is 3.11. The molecule has 0 bridgehead atoms. The molecule has 0 atom stereocenters. The van der Waals surface area contributed by atoms with Crippen molar-refractivity contribution in [1.82, 2.24) is 15.0 Å². The first-order valence-electron chi connectivity index (χ1n) is 9.83. The third-order valence-electron chi connectivity index (χ3n) is 4.62. The first kappa shape index (κ1) is 22.6. The van der Waals surface area contributed by atoms with Gasteiger partial charge in [0.2, 0.25) is 5.91 Å². The van der Waals surface area contributed by atoms with Gasteiger partial charge in [0.15, 0.2) is 5.69 Å². The lowest BCUT2D eigenvalue weighted by atomic mass is 10.2. The fourth-order valence-electron chi connectivity index (χ4n) is 2.87. The number of hydrogen-bond donors (Lipinski definition) is 2. The van der Waals surface area contributed by atoms with Crippen molar-refractivity contribution >= 4 is 29.2 Å². The highest BCUT2D eigenvalue weighted by atomic mass is 19.1. The van der Waals surface area contributed by atoms with Crippen LogP contribution in [0.4, 0.5) is 15.8 Å². The number of carbonyl (C=O) groups excluding carboxylic acids is 3. The van der Waals surface area contributed by atoms with Gasteiger partial charge in [0.1, 0.15) is 12.4 Å². The fourth-order valence-corrected chi connectivity index (χ4v) is 2.87. The molecular weight excluding hydrogens is 417 g/mol. The predicted molar refractivity (Wildman–Crippen MR) is 115 cm³/mol. The van der Waals surface area contributed by atoms with E-state index in [2.05, 4.69) is 20.9 Å². The lowest BCUT2D eigenvalue weighted by molar-refractivity contribution is -0.117. The van der Waals surface area contributed by atoms with E-state index in [1.165, 1.54) is 16.8 Å². The van der Waals surface area contributed by atoms with Crippen molar-refractivity contribution in [2.45, 2.75) is 27.3 Å². The number of benzene rings is 2. The van der Waals surface area contributed by atoms with E-state index in [0.29, 0.717) is 28.2 Å². The highest BCUT2D eigenvalue weighted by Crippen LogP contribution is 2.17. The lowest BCUT2D eigenvalue weighted by Gasteiger charge is -2.08. The summed E-state index contributed by atoms with van der Waals surface area (Å²) in [5, 5.41) is 13.0. The number of aryl methyl sites for hydroxylation is 1. The molecule has 0 fully saturated rings. The monoisotopic (exact) mass is 439 g/mol. The summed E-state index contributed by atoms with van der Waals surface area (Å²) in [4.78, 5) is 36.6. The molecule has 0 aliphatic rings. The molecule has 10 heteroatoms. The largest absolute Gasteiger partial charge is 0.462 e. The summed E-state index contributed by atoms with van der Waals surface area (Å²) in [5.41, 5.74) is 2.29. The van der Waals surface area contributed by atoms with Crippen molar-refractivity contribution < 1.29 is 23.5 Å². The number of ether oxygens (including phenoxy) is 1. The molecule has 0 saturated heterocycles. The molecule has 3 rings (SSSR count). The first-order chi connectivity index (χ1) is 15.3. The van der Waals surface area contributed by atoms with E-state index < -0.39 is 23.6 Å². The minimum Gasteiger partial charge on any atom is -0.462 e. The van der Waals surface area contributed by atoms with E-state index in [-0.39, 0.29) is 18.8 Å². The van der Waals surface area contributed by atoms with Crippen molar-refractivity contribution in [2.24, 2.45) is 0 Å². The Bertz CT molecular complexity index is 1160. The van der Waals surface area contributed by atoms with E-state index >= 15 is 0 Å². The molecule has 1 heterocycles. The number of nitrogens with one attached hydrogen (secondary N) is 2. The molecule has 0 saturated carbocycles. The quantitative estimate of drug-likeness (QED) is 0.547. The molecule has 0 aliphatic carbocycles. The standard InChI is InChI=1S/C22H22FN5O4/c1-4-32-22(31)15-6-9-17(10-7-15)24-19(29)12-28-14(3)20(26-27-28)21(30)25-18-11-16(23)8-5-13(18)2/h5-11H,4,12H2,1-3H3,(H,24,29)(H,25,30). The molecule has 2 aromatic carbocycles. The zero-order valence-corrected chi connectivity index (χ0v) is 17.8. The second kappa shape index (κ2) is 9.82. The molecule has 32 heavy (non-hydrogen) atoms. The van der Waals surface area contributed by atoms with E-state index in [4.69, 9.17) is 4.74 Å². The Balaban J connectivity index is 1.63. The molecule has 9 nitrogen and oxygen atoms in total. The second-order valence-corrected chi connectivity index (χ2v) is 6.94. The topological polar surface area (TPSA) is 115 Å². The van der Waals surface area contributed by atoms with Crippen LogP contribution >= 0.6 is 0 Å². The van der Waals surface area contributed by atoms with Crippen molar-refractivity contribution in [2.75, 3.05) is 17.2 Å². The average molecular weight is 439 g/mol. The lowest BCUT2D eigenvalue weighted by Crippen LogP contribution is -2.21. The van der Waals surface area contributed by atoms with E-state index in [1.807, 2.05) is 0 Å². The summed E-state index contributed by atoms with van der Waals surface area (Å²) in [6, 6.07) is 10.3. The molecule has 0 radical (unpaired) electrons. The van der Waals surface area contributed by atoms with Gasteiger partial charge >= 0.3 is 5.97 Å². The summed E-state index contributed by atoms with van der Waals surface area (Å²) in [7, 11) is 0. The van der Waals surface area contributed by atoms with Crippen molar-refractivity contribution in [3.63, 3.8) is 0 Å². The Kier molecular flexibility index (Phi) is 6.93. The highest BCUT2D eigenvalue weighted by molar-refractivity contribution is 6.04. The normalized spacial score (nSPS) is 10.5. The number of nitrogens with zero attached hydrogens (tertiary/aromatic N) is 3. The van der Waals surface area contributed by atoms with E-state index in [1.54, 1.807) is 51.1 Å². The molecule has 0 unspecified atom stereocenters. The number of rotatable bonds is 7. The zero-order chi connectivity index (χ0) is 23.3. The van der Waals surface area contributed by atoms with E-state index in [9.17, 15) is 18.8 Å². The molecule has 3 aromatic rings. The Morgan fingerprint density at radius 1 is 1.06 bits per heavy atom.